The molecule has 0 aliphatic heterocycles. The van der Waals surface area contributed by atoms with Gasteiger partial charge in [-0.1, -0.05) is 13.8 Å². The van der Waals surface area contributed by atoms with Crippen molar-refractivity contribution in [3.8, 4) is 0 Å². The van der Waals surface area contributed by atoms with Crippen molar-refractivity contribution in [1.29, 1.82) is 0 Å². The summed E-state index contributed by atoms with van der Waals surface area (Å²) in [5, 5.41) is 0. The number of anilines is 1. The zero-order valence-corrected chi connectivity index (χ0v) is 11.8. The lowest BCUT2D eigenvalue weighted by Crippen LogP contribution is -2.41. The van der Waals surface area contributed by atoms with E-state index in [-0.39, 0.29) is 11.6 Å². The third kappa shape index (κ3) is 3.57. The Morgan fingerprint density at radius 2 is 2.06 bits per heavy atom. The first-order valence-corrected chi connectivity index (χ1v) is 6.49. The van der Waals surface area contributed by atoms with Crippen molar-refractivity contribution in [2.45, 2.75) is 40.3 Å². The van der Waals surface area contributed by atoms with Gasteiger partial charge in [0.25, 0.3) is 5.56 Å². The molecule has 5 nitrogen and oxygen atoms in total. The molecule has 0 amide bonds. The van der Waals surface area contributed by atoms with Crippen LogP contribution >= 0.6 is 0 Å². The average molecular weight is 252 g/mol. The normalized spacial score (nSPS) is 11.3. The summed E-state index contributed by atoms with van der Waals surface area (Å²) in [6, 6.07) is 0.212. The van der Waals surface area contributed by atoms with E-state index < -0.39 is 0 Å². The molecule has 0 radical (unpaired) electrons. The number of nitrogens with zero attached hydrogens (tertiary/aromatic N) is 3. The van der Waals surface area contributed by atoms with E-state index in [1.165, 1.54) is 0 Å². The highest BCUT2D eigenvalue weighted by Crippen LogP contribution is 2.08. The minimum Gasteiger partial charge on any atom is -0.348 e. The molecule has 0 bridgehead atoms. The molecule has 18 heavy (non-hydrogen) atoms. The van der Waals surface area contributed by atoms with Crippen LogP contribution in [0.1, 0.15) is 27.7 Å². The number of hydrogen-bond acceptors (Lipinski definition) is 4. The second-order valence-corrected chi connectivity index (χ2v) is 5.18. The van der Waals surface area contributed by atoms with Crippen LogP contribution in [0.4, 0.5) is 5.82 Å². The van der Waals surface area contributed by atoms with Crippen molar-refractivity contribution in [3.05, 3.63) is 22.7 Å². The van der Waals surface area contributed by atoms with E-state index in [0.717, 1.165) is 0 Å². The number of aromatic nitrogens is 2. The van der Waals surface area contributed by atoms with E-state index in [0.29, 0.717) is 31.4 Å². The second-order valence-electron chi connectivity index (χ2n) is 5.18. The Morgan fingerprint density at radius 3 is 2.56 bits per heavy atom. The fourth-order valence-corrected chi connectivity index (χ4v) is 1.92. The Morgan fingerprint density at radius 1 is 1.39 bits per heavy atom. The average Bonchev–Trinajstić information content (AvgIpc) is 2.28. The largest absolute Gasteiger partial charge is 0.348 e. The van der Waals surface area contributed by atoms with Crippen molar-refractivity contribution < 1.29 is 0 Å². The second kappa shape index (κ2) is 6.54. The molecule has 0 aliphatic rings. The molecular weight excluding hydrogens is 228 g/mol. The molecule has 0 spiro atoms. The molecule has 1 aromatic heterocycles. The molecular formula is C13H24N4O. The van der Waals surface area contributed by atoms with Crippen molar-refractivity contribution >= 4 is 5.82 Å². The summed E-state index contributed by atoms with van der Waals surface area (Å²) in [6.45, 7) is 10.1. The predicted octanol–water partition coefficient (Wildman–Crippen LogP) is 1.07. The van der Waals surface area contributed by atoms with Crippen LogP contribution in [0, 0.1) is 5.92 Å². The van der Waals surface area contributed by atoms with Crippen LogP contribution < -0.4 is 16.2 Å². The van der Waals surface area contributed by atoms with Gasteiger partial charge in [-0.05, 0) is 19.8 Å². The van der Waals surface area contributed by atoms with Gasteiger partial charge in [0.15, 0.2) is 5.82 Å². The fraction of sp³-hybridized carbons (Fsp3) is 0.692. The van der Waals surface area contributed by atoms with Gasteiger partial charge >= 0.3 is 0 Å². The smallest absolute Gasteiger partial charge is 0.293 e. The summed E-state index contributed by atoms with van der Waals surface area (Å²) < 4.78 is 1.72. The lowest BCUT2D eigenvalue weighted by Gasteiger charge is -2.27. The maximum absolute atomic E-state index is 12.3. The third-order valence-electron chi connectivity index (χ3n) is 2.72. The molecule has 1 rings (SSSR count). The number of rotatable bonds is 6. The Labute approximate surface area is 109 Å². The van der Waals surface area contributed by atoms with Gasteiger partial charge in [0.05, 0.1) is 0 Å². The van der Waals surface area contributed by atoms with Crippen LogP contribution in [0.3, 0.4) is 0 Å². The molecule has 0 aromatic carbocycles. The molecule has 0 saturated carbocycles. The lowest BCUT2D eigenvalue weighted by molar-refractivity contribution is 0.506. The minimum absolute atomic E-state index is 0.0339. The fourth-order valence-electron chi connectivity index (χ4n) is 1.92. The monoisotopic (exact) mass is 252 g/mol. The highest BCUT2D eigenvalue weighted by molar-refractivity contribution is 5.36. The Hall–Kier alpha value is -1.36. The quantitative estimate of drug-likeness (QED) is 0.822. The first-order chi connectivity index (χ1) is 8.47. The number of hydrogen-bond donors (Lipinski definition) is 1. The molecule has 2 N–H and O–H groups in total. The Bertz CT molecular complexity index is 425. The SMILES string of the molecule is CC(C)Cn1ccnc(N(CCN)C(C)C)c1=O. The maximum atomic E-state index is 12.3. The summed E-state index contributed by atoms with van der Waals surface area (Å²) in [4.78, 5) is 18.5. The van der Waals surface area contributed by atoms with Crippen molar-refractivity contribution in [2.75, 3.05) is 18.0 Å². The summed E-state index contributed by atoms with van der Waals surface area (Å²) in [5.41, 5.74) is 5.56. The molecule has 1 heterocycles. The molecule has 102 valence electrons. The van der Waals surface area contributed by atoms with Gasteiger partial charge in [0, 0.05) is 38.1 Å². The van der Waals surface area contributed by atoms with Crippen LogP contribution in [-0.2, 0) is 6.54 Å². The van der Waals surface area contributed by atoms with Crippen LogP contribution in [0.15, 0.2) is 17.2 Å². The zero-order chi connectivity index (χ0) is 13.7. The first-order valence-electron chi connectivity index (χ1n) is 6.49. The van der Waals surface area contributed by atoms with Gasteiger partial charge < -0.3 is 15.2 Å². The van der Waals surface area contributed by atoms with Gasteiger partial charge in [-0.2, -0.15) is 0 Å². The van der Waals surface area contributed by atoms with Gasteiger partial charge in [-0.3, -0.25) is 4.79 Å². The molecule has 0 atom stereocenters. The van der Waals surface area contributed by atoms with Crippen LogP contribution in [-0.4, -0.2) is 28.7 Å². The highest BCUT2D eigenvalue weighted by Gasteiger charge is 2.16. The van der Waals surface area contributed by atoms with E-state index in [1.54, 1.807) is 17.0 Å². The van der Waals surface area contributed by atoms with E-state index in [1.807, 2.05) is 18.7 Å². The van der Waals surface area contributed by atoms with E-state index in [4.69, 9.17) is 5.73 Å². The molecule has 5 heteroatoms. The van der Waals surface area contributed by atoms with Crippen LogP contribution in [0.25, 0.3) is 0 Å². The van der Waals surface area contributed by atoms with Crippen LogP contribution in [0.5, 0.6) is 0 Å². The van der Waals surface area contributed by atoms with Crippen molar-refractivity contribution in [3.63, 3.8) is 0 Å². The molecule has 0 fully saturated rings. The van der Waals surface area contributed by atoms with Crippen molar-refractivity contribution in [2.24, 2.45) is 11.7 Å². The Kier molecular flexibility index (Phi) is 5.34. The molecule has 0 saturated heterocycles. The summed E-state index contributed by atoms with van der Waals surface area (Å²) in [5.74, 6) is 0.929. The standard InChI is InChI=1S/C13H24N4O/c1-10(2)9-16-8-6-15-12(13(16)18)17(7-5-14)11(3)4/h6,8,10-11H,5,7,9,14H2,1-4H3. The maximum Gasteiger partial charge on any atom is 0.293 e. The van der Waals surface area contributed by atoms with Gasteiger partial charge in [-0.25, -0.2) is 4.98 Å². The summed E-state index contributed by atoms with van der Waals surface area (Å²) in [7, 11) is 0. The van der Waals surface area contributed by atoms with Gasteiger partial charge in [0.2, 0.25) is 0 Å². The van der Waals surface area contributed by atoms with E-state index >= 15 is 0 Å². The van der Waals surface area contributed by atoms with Crippen LogP contribution in [0.2, 0.25) is 0 Å². The predicted molar refractivity (Wildman–Crippen MR) is 74.9 cm³/mol. The van der Waals surface area contributed by atoms with Gasteiger partial charge in [-0.15, -0.1) is 0 Å². The number of nitrogens with two attached hydrogens (primary N) is 1. The summed E-state index contributed by atoms with van der Waals surface area (Å²) >= 11 is 0. The van der Waals surface area contributed by atoms with Gasteiger partial charge in [0.1, 0.15) is 0 Å². The molecule has 0 unspecified atom stereocenters. The lowest BCUT2D eigenvalue weighted by atomic mass is 10.2. The Balaban J connectivity index is 3.11. The summed E-state index contributed by atoms with van der Waals surface area (Å²) in [6.07, 6.45) is 3.43. The van der Waals surface area contributed by atoms with E-state index in [2.05, 4.69) is 18.8 Å². The third-order valence-corrected chi connectivity index (χ3v) is 2.72. The van der Waals surface area contributed by atoms with E-state index in [9.17, 15) is 4.79 Å². The minimum atomic E-state index is -0.0339. The first kappa shape index (κ1) is 14.7. The highest BCUT2D eigenvalue weighted by atomic mass is 16.1. The van der Waals surface area contributed by atoms with Crippen molar-refractivity contribution in [1.82, 2.24) is 9.55 Å². The topological polar surface area (TPSA) is 64.2 Å². The molecule has 0 aliphatic carbocycles. The molecule has 1 aromatic rings. The zero-order valence-electron chi connectivity index (χ0n) is 11.8.